The van der Waals surface area contributed by atoms with Gasteiger partial charge in [-0.25, -0.2) is 4.79 Å². The zero-order valence-electron chi connectivity index (χ0n) is 13.5. The molecule has 126 valence electrons. The summed E-state index contributed by atoms with van der Waals surface area (Å²) in [6.07, 6.45) is 1.76. The summed E-state index contributed by atoms with van der Waals surface area (Å²) in [6.45, 7) is 1.40. The van der Waals surface area contributed by atoms with Gasteiger partial charge in [0, 0.05) is 0 Å². The maximum absolute atomic E-state index is 12.6. The molecule has 0 atom stereocenters. The van der Waals surface area contributed by atoms with Gasteiger partial charge >= 0.3 is 5.97 Å². The largest absolute Gasteiger partial charge is 0.482 e. The average Bonchev–Trinajstić information content (AvgIpc) is 2.90. The summed E-state index contributed by atoms with van der Waals surface area (Å²) in [6, 6.07) is 16.1. The predicted octanol–water partition coefficient (Wildman–Crippen LogP) is 2.96. The number of carbonyl (C=O) groups excluding carboxylic acids is 1. The van der Waals surface area contributed by atoms with Crippen molar-refractivity contribution in [3.63, 3.8) is 0 Å². The van der Waals surface area contributed by atoms with E-state index in [2.05, 4.69) is 5.10 Å². The summed E-state index contributed by atoms with van der Waals surface area (Å²) in [4.78, 5) is 23.1. The van der Waals surface area contributed by atoms with Crippen LogP contribution in [0.4, 0.5) is 5.69 Å². The van der Waals surface area contributed by atoms with Crippen molar-refractivity contribution in [2.75, 3.05) is 11.6 Å². The van der Waals surface area contributed by atoms with Crippen LogP contribution in [0.1, 0.15) is 12.5 Å². The molecule has 1 heterocycles. The van der Waals surface area contributed by atoms with Crippen molar-refractivity contribution in [2.24, 2.45) is 5.10 Å². The molecular weight excluding hydrogens is 320 g/mol. The monoisotopic (exact) mass is 336 g/mol. The third-order valence-corrected chi connectivity index (χ3v) is 3.62. The first-order chi connectivity index (χ1) is 12.0. The second-order valence-electron chi connectivity index (χ2n) is 5.45. The van der Waals surface area contributed by atoms with E-state index < -0.39 is 12.6 Å². The van der Waals surface area contributed by atoms with Crippen LogP contribution in [0.15, 0.2) is 65.3 Å². The van der Waals surface area contributed by atoms with Crippen LogP contribution in [0.3, 0.4) is 0 Å². The van der Waals surface area contributed by atoms with Crippen LogP contribution in [0.25, 0.3) is 6.08 Å². The Labute approximate surface area is 144 Å². The normalized spacial score (nSPS) is 15.4. The standard InChI is InChI=1S/C19H16N2O4/c1-13-17(19(24)21(20-13)15-5-3-2-4-6-15)11-14-7-9-16(10-8-14)25-12-18(22)23/h2-11H,12H2,1H3,(H,22,23)/b17-11-. The summed E-state index contributed by atoms with van der Waals surface area (Å²) in [5.41, 5.74) is 2.67. The zero-order valence-corrected chi connectivity index (χ0v) is 13.5. The minimum Gasteiger partial charge on any atom is -0.482 e. The fourth-order valence-corrected chi connectivity index (χ4v) is 2.40. The summed E-state index contributed by atoms with van der Waals surface area (Å²) in [5.74, 6) is -0.760. The molecular formula is C19H16N2O4. The highest BCUT2D eigenvalue weighted by Crippen LogP contribution is 2.25. The molecule has 0 aliphatic carbocycles. The molecule has 0 fully saturated rings. The fourth-order valence-electron chi connectivity index (χ4n) is 2.40. The van der Waals surface area contributed by atoms with Crippen LogP contribution in [0, 0.1) is 0 Å². The Kier molecular flexibility index (Phi) is 4.61. The van der Waals surface area contributed by atoms with Gasteiger partial charge in [-0.3, -0.25) is 4.79 Å². The number of carboxylic acid groups (broad SMARTS) is 1. The molecule has 2 aromatic carbocycles. The minimum atomic E-state index is -1.03. The molecule has 1 aliphatic rings. The van der Waals surface area contributed by atoms with Crippen LogP contribution in [0.2, 0.25) is 0 Å². The fraction of sp³-hybridized carbons (Fsp3) is 0.105. The lowest BCUT2D eigenvalue weighted by Crippen LogP contribution is -2.21. The highest BCUT2D eigenvalue weighted by molar-refractivity contribution is 6.32. The molecule has 25 heavy (non-hydrogen) atoms. The molecule has 6 heteroatoms. The first-order valence-electron chi connectivity index (χ1n) is 7.66. The number of amides is 1. The van der Waals surface area contributed by atoms with Crippen molar-refractivity contribution in [1.29, 1.82) is 0 Å². The van der Waals surface area contributed by atoms with Crippen molar-refractivity contribution < 1.29 is 19.4 Å². The summed E-state index contributed by atoms with van der Waals surface area (Å²) >= 11 is 0. The van der Waals surface area contributed by atoms with Gasteiger partial charge in [0.15, 0.2) is 6.61 Å². The highest BCUT2D eigenvalue weighted by atomic mass is 16.5. The predicted molar refractivity (Wildman–Crippen MR) is 94.6 cm³/mol. The van der Waals surface area contributed by atoms with E-state index in [1.807, 2.05) is 30.3 Å². The Morgan fingerprint density at radius 1 is 1.16 bits per heavy atom. The van der Waals surface area contributed by atoms with Crippen molar-refractivity contribution in [2.45, 2.75) is 6.92 Å². The molecule has 6 nitrogen and oxygen atoms in total. The molecule has 0 saturated heterocycles. The maximum atomic E-state index is 12.6. The van der Waals surface area contributed by atoms with Crippen LogP contribution in [0.5, 0.6) is 5.75 Å². The first kappa shape index (κ1) is 16.4. The number of para-hydroxylation sites is 1. The van der Waals surface area contributed by atoms with Gasteiger partial charge in [0.1, 0.15) is 5.75 Å². The van der Waals surface area contributed by atoms with Crippen molar-refractivity contribution in [3.05, 3.63) is 65.7 Å². The number of hydrogen-bond donors (Lipinski definition) is 1. The van der Waals surface area contributed by atoms with E-state index in [1.54, 1.807) is 37.3 Å². The molecule has 0 radical (unpaired) electrons. The number of ether oxygens (including phenoxy) is 1. The van der Waals surface area contributed by atoms with Gasteiger partial charge in [0.05, 0.1) is 17.0 Å². The lowest BCUT2D eigenvalue weighted by atomic mass is 10.1. The SMILES string of the molecule is CC1=NN(c2ccccc2)C(=O)/C1=C\c1ccc(OCC(=O)O)cc1. The Hall–Kier alpha value is -3.41. The second-order valence-corrected chi connectivity index (χ2v) is 5.45. The van der Waals surface area contributed by atoms with Crippen LogP contribution in [-0.2, 0) is 9.59 Å². The minimum absolute atomic E-state index is 0.185. The lowest BCUT2D eigenvalue weighted by molar-refractivity contribution is -0.139. The number of anilines is 1. The molecule has 1 aliphatic heterocycles. The molecule has 1 amide bonds. The van der Waals surface area contributed by atoms with E-state index in [1.165, 1.54) is 5.01 Å². The van der Waals surface area contributed by atoms with Crippen molar-refractivity contribution in [1.82, 2.24) is 0 Å². The summed E-state index contributed by atoms with van der Waals surface area (Å²) in [5, 5.41) is 14.3. The number of hydrazone groups is 1. The maximum Gasteiger partial charge on any atom is 0.341 e. The Balaban J connectivity index is 1.78. The third-order valence-electron chi connectivity index (χ3n) is 3.62. The Bertz CT molecular complexity index is 855. The average molecular weight is 336 g/mol. The molecule has 0 saturated carbocycles. The summed E-state index contributed by atoms with van der Waals surface area (Å²) < 4.78 is 5.09. The molecule has 3 rings (SSSR count). The van der Waals surface area contributed by atoms with Crippen molar-refractivity contribution in [3.8, 4) is 5.75 Å². The van der Waals surface area contributed by atoms with E-state index in [0.29, 0.717) is 22.7 Å². The van der Waals surface area contributed by atoms with Gasteiger partial charge in [-0.2, -0.15) is 10.1 Å². The summed E-state index contributed by atoms with van der Waals surface area (Å²) in [7, 11) is 0. The Morgan fingerprint density at radius 2 is 1.84 bits per heavy atom. The van der Waals surface area contributed by atoms with Crippen molar-refractivity contribution >= 4 is 29.4 Å². The van der Waals surface area contributed by atoms with Gasteiger partial charge < -0.3 is 9.84 Å². The number of carbonyl (C=O) groups is 2. The molecule has 1 N–H and O–H groups in total. The van der Waals surface area contributed by atoms with Crippen LogP contribution in [-0.4, -0.2) is 29.3 Å². The van der Waals surface area contributed by atoms with Gasteiger partial charge in [-0.1, -0.05) is 30.3 Å². The number of aliphatic carboxylic acids is 1. The number of benzene rings is 2. The second kappa shape index (κ2) is 7.00. The molecule has 0 bridgehead atoms. The van der Waals surface area contributed by atoms with E-state index in [-0.39, 0.29) is 5.91 Å². The number of hydrogen-bond acceptors (Lipinski definition) is 4. The molecule has 0 spiro atoms. The number of nitrogens with zero attached hydrogens (tertiary/aromatic N) is 2. The molecule has 2 aromatic rings. The zero-order chi connectivity index (χ0) is 17.8. The first-order valence-corrected chi connectivity index (χ1v) is 7.66. The van der Waals surface area contributed by atoms with E-state index in [4.69, 9.17) is 9.84 Å². The smallest absolute Gasteiger partial charge is 0.341 e. The van der Waals surface area contributed by atoms with E-state index in [9.17, 15) is 9.59 Å². The van der Waals surface area contributed by atoms with Gasteiger partial charge in [0.2, 0.25) is 0 Å². The number of rotatable bonds is 5. The lowest BCUT2D eigenvalue weighted by Gasteiger charge is -2.11. The topological polar surface area (TPSA) is 79.2 Å². The van der Waals surface area contributed by atoms with Crippen LogP contribution >= 0.6 is 0 Å². The van der Waals surface area contributed by atoms with Gasteiger partial charge in [-0.15, -0.1) is 0 Å². The van der Waals surface area contributed by atoms with Crippen LogP contribution < -0.4 is 9.75 Å². The molecule has 0 unspecified atom stereocenters. The Morgan fingerprint density at radius 3 is 2.48 bits per heavy atom. The van der Waals surface area contributed by atoms with Gasteiger partial charge in [-0.05, 0) is 42.8 Å². The molecule has 0 aromatic heterocycles. The van der Waals surface area contributed by atoms with Gasteiger partial charge in [0.25, 0.3) is 5.91 Å². The van der Waals surface area contributed by atoms with E-state index in [0.717, 1.165) is 5.56 Å². The number of carboxylic acids is 1. The quantitative estimate of drug-likeness (QED) is 0.852. The highest BCUT2D eigenvalue weighted by Gasteiger charge is 2.28. The van der Waals surface area contributed by atoms with E-state index >= 15 is 0 Å². The third kappa shape index (κ3) is 3.74.